The van der Waals surface area contributed by atoms with E-state index >= 15 is 0 Å². The highest BCUT2D eigenvalue weighted by molar-refractivity contribution is 5.84. The van der Waals surface area contributed by atoms with E-state index in [0.717, 1.165) is 11.0 Å². The van der Waals surface area contributed by atoms with Crippen LogP contribution < -0.4 is 19.8 Å². The Morgan fingerprint density at radius 1 is 1.00 bits per heavy atom. The molecule has 5 nitrogen and oxygen atoms in total. The fourth-order valence-corrected chi connectivity index (χ4v) is 2.60. The standard InChI is InChI=1S/C21H20O5/c1-13(2)12-25-16-6-5-14-9-18(21(22)26-20(14)11-16)17-10-15(23-3)7-8-19(17)24-4/h5-11H,1,12H2,2-4H3. The number of fused-ring (bicyclic) bond motifs is 1. The molecular formula is C21H20O5. The van der Waals surface area contributed by atoms with Gasteiger partial charge in [0.15, 0.2) is 0 Å². The molecule has 2 aromatic carbocycles. The minimum Gasteiger partial charge on any atom is -0.497 e. The Kier molecular flexibility index (Phi) is 4.98. The second-order valence-corrected chi connectivity index (χ2v) is 5.96. The summed E-state index contributed by atoms with van der Waals surface area (Å²) in [6.45, 7) is 6.10. The third-order valence-electron chi connectivity index (χ3n) is 3.89. The van der Waals surface area contributed by atoms with E-state index in [1.165, 1.54) is 0 Å². The quantitative estimate of drug-likeness (QED) is 0.485. The highest BCUT2D eigenvalue weighted by atomic mass is 16.5. The zero-order valence-electron chi connectivity index (χ0n) is 15.0. The monoisotopic (exact) mass is 352 g/mol. The lowest BCUT2D eigenvalue weighted by atomic mass is 10.0. The molecule has 0 spiro atoms. The Balaban J connectivity index is 2.09. The summed E-state index contributed by atoms with van der Waals surface area (Å²) in [5, 5.41) is 0.784. The van der Waals surface area contributed by atoms with Gasteiger partial charge in [-0.2, -0.15) is 0 Å². The first-order chi connectivity index (χ1) is 12.5. The van der Waals surface area contributed by atoms with E-state index in [4.69, 9.17) is 18.6 Å². The molecule has 0 radical (unpaired) electrons. The minimum atomic E-state index is -0.457. The van der Waals surface area contributed by atoms with E-state index in [9.17, 15) is 4.79 Å². The predicted octanol–water partition coefficient (Wildman–Crippen LogP) is 4.43. The molecule has 0 aliphatic carbocycles. The molecule has 0 atom stereocenters. The van der Waals surface area contributed by atoms with E-state index in [0.29, 0.717) is 40.6 Å². The van der Waals surface area contributed by atoms with Crippen molar-refractivity contribution < 1.29 is 18.6 Å². The first-order valence-electron chi connectivity index (χ1n) is 8.09. The zero-order chi connectivity index (χ0) is 18.7. The van der Waals surface area contributed by atoms with Gasteiger partial charge in [-0.3, -0.25) is 0 Å². The topological polar surface area (TPSA) is 57.9 Å². The third-order valence-corrected chi connectivity index (χ3v) is 3.89. The van der Waals surface area contributed by atoms with Gasteiger partial charge in [-0.1, -0.05) is 6.58 Å². The first-order valence-corrected chi connectivity index (χ1v) is 8.09. The molecule has 1 heterocycles. The maximum absolute atomic E-state index is 12.6. The number of hydrogen-bond donors (Lipinski definition) is 0. The summed E-state index contributed by atoms with van der Waals surface area (Å²) in [6, 6.07) is 12.4. The summed E-state index contributed by atoms with van der Waals surface area (Å²) in [6.07, 6.45) is 0. The number of rotatable bonds is 6. The van der Waals surface area contributed by atoms with Crippen LogP contribution >= 0.6 is 0 Å². The molecule has 0 amide bonds. The van der Waals surface area contributed by atoms with Gasteiger partial charge >= 0.3 is 5.63 Å². The average molecular weight is 352 g/mol. The van der Waals surface area contributed by atoms with E-state index in [2.05, 4.69) is 6.58 Å². The molecule has 1 aromatic heterocycles. The Bertz CT molecular complexity index is 1020. The smallest absolute Gasteiger partial charge is 0.344 e. The largest absolute Gasteiger partial charge is 0.497 e. The van der Waals surface area contributed by atoms with Crippen LogP contribution in [-0.4, -0.2) is 20.8 Å². The number of ether oxygens (including phenoxy) is 3. The zero-order valence-corrected chi connectivity index (χ0v) is 15.0. The van der Waals surface area contributed by atoms with Crippen molar-refractivity contribution in [2.75, 3.05) is 20.8 Å². The molecule has 5 heteroatoms. The van der Waals surface area contributed by atoms with Crippen LogP contribution in [0.3, 0.4) is 0 Å². The molecule has 134 valence electrons. The SMILES string of the molecule is C=C(C)COc1ccc2cc(-c3cc(OC)ccc3OC)c(=O)oc2c1. The second kappa shape index (κ2) is 7.35. The fraction of sp³-hybridized carbons (Fsp3) is 0.190. The van der Waals surface area contributed by atoms with Crippen LogP contribution in [0.1, 0.15) is 6.92 Å². The van der Waals surface area contributed by atoms with E-state index in [1.807, 2.05) is 19.1 Å². The molecule has 0 saturated heterocycles. The van der Waals surface area contributed by atoms with Crippen LogP contribution in [0.5, 0.6) is 17.2 Å². The van der Waals surface area contributed by atoms with Crippen molar-refractivity contribution in [2.24, 2.45) is 0 Å². The molecule has 0 aliphatic heterocycles. The molecule has 3 rings (SSSR count). The van der Waals surface area contributed by atoms with Gasteiger partial charge in [0.25, 0.3) is 0 Å². The summed E-state index contributed by atoms with van der Waals surface area (Å²) in [4.78, 5) is 12.6. The van der Waals surface area contributed by atoms with Gasteiger partial charge < -0.3 is 18.6 Å². The lowest BCUT2D eigenvalue weighted by Crippen LogP contribution is -2.04. The van der Waals surface area contributed by atoms with E-state index in [-0.39, 0.29) is 0 Å². The summed E-state index contributed by atoms with van der Waals surface area (Å²) in [5.74, 6) is 1.82. The highest BCUT2D eigenvalue weighted by Crippen LogP contribution is 2.33. The Labute approximate surface area is 151 Å². The predicted molar refractivity (Wildman–Crippen MR) is 101 cm³/mol. The van der Waals surface area contributed by atoms with Crippen molar-refractivity contribution in [2.45, 2.75) is 6.92 Å². The van der Waals surface area contributed by atoms with Crippen LogP contribution in [-0.2, 0) is 0 Å². The Morgan fingerprint density at radius 3 is 2.46 bits per heavy atom. The molecule has 0 aliphatic rings. The fourth-order valence-electron chi connectivity index (χ4n) is 2.60. The Morgan fingerprint density at radius 2 is 1.77 bits per heavy atom. The van der Waals surface area contributed by atoms with Gasteiger partial charge in [0.2, 0.25) is 0 Å². The van der Waals surface area contributed by atoms with Gasteiger partial charge in [0, 0.05) is 17.0 Å². The van der Waals surface area contributed by atoms with Gasteiger partial charge in [0.05, 0.1) is 19.8 Å². The normalized spacial score (nSPS) is 10.6. The molecule has 0 unspecified atom stereocenters. The molecule has 0 saturated carbocycles. The molecule has 0 N–H and O–H groups in total. The van der Waals surface area contributed by atoms with Gasteiger partial charge in [-0.15, -0.1) is 0 Å². The lowest BCUT2D eigenvalue weighted by Gasteiger charge is -2.11. The molecule has 0 bridgehead atoms. The van der Waals surface area contributed by atoms with Gasteiger partial charge in [-0.25, -0.2) is 4.79 Å². The van der Waals surface area contributed by atoms with Crippen LogP contribution in [0.15, 0.2) is 63.8 Å². The maximum atomic E-state index is 12.6. The van der Waals surface area contributed by atoms with Crippen LogP contribution in [0, 0.1) is 0 Å². The van der Waals surface area contributed by atoms with Crippen molar-refractivity contribution in [3.8, 4) is 28.4 Å². The summed E-state index contributed by atoms with van der Waals surface area (Å²) in [7, 11) is 3.13. The number of methoxy groups -OCH3 is 2. The van der Waals surface area contributed by atoms with Gasteiger partial charge in [0.1, 0.15) is 29.4 Å². The van der Waals surface area contributed by atoms with Crippen molar-refractivity contribution in [3.05, 3.63) is 65.0 Å². The van der Waals surface area contributed by atoms with E-state index < -0.39 is 5.63 Å². The number of benzene rings is 2. The lowest BCUT2D eigenvalue weighted by molar-refractivity contribution is 0.352. The van der Waals surface area contributed by atoms with Crippen LogP contribution in [0.4, 0.5) is 0 Å². The third kappa shape index (κ3) is 3.57. The highest BCUT2D eigenvalue weighted by Gasteiger charge is 2.14. The molecule has 26 heavy (non-hydrogen) atoms. The van der Waals surface area contributed by atoms with Crippen molar-refractivity contribution in [3.63, 3.8) is 0 Å². The van der Waals surface area contributed by atoms with E-state index in [1.54, 1.807) is 44.6 Å². The second-order valence-electron chi connectivity index (χ2n) is 5.96. The Hall–Kier alpha value is -3.21. The molecular weight excluding hydrogens is 332 g/mol. The maximum Gasteiger partial charge on any atom is 0.344 e. The van der Waals surface area contributed by atoms with Crippen LogP contribution in [0.25, 0.3) is 22.1 Å². The van der Waals surface area contributed by atoms with Gasteiger partial charge in [-0.05, 0) is 48.9 Å². The van der Waals surface area contributed by atoms with Crippen LogP contribution in [0.2, 0.25) is 0 Å². The molecule has 0 fully saturated rings. The molecule has 3 aromatic rings. The summed E-state index contributed by atoms with van der Waals surface area (Å²) >= 11 is 0. The number of hydrogen-bond acceptors (Lipinski definition) is 5. The van der Waals surface area contributed by atoms with Crippen molar-refractivity contribution in [1.29, 1.82) is 0 Å². The van der Waals surface area contributed by atoms with Crippen molar-refractivity contribution in [1.82, 2.24) is 0 Å². The summed E-state index contributed by atoms with van der Waals surface area (Å²) < 4.78 is 21.7. The minimum absolute atomic E-state index is 0.406. The first kappa shape index (κ1) is 17.6. The average Bonchev–Trinajstić information content (AvgIpc) is 2.65. The summed E-state index contributed by atoms with van der Waals surface area (Å²) in [5.41, 5.74) is 1.93. The van der Waals surface area contributed by atoms with Crippen molar-refractivity contribution >= 4 is 11.0 Å².